The van der Waals surface area contributed by atoms with E-state index in [0.717, 1.165) is 22.6 Å². The molecule has 0 bridgehead atoms. The molecule has 0 spiro atoms. The molecule has 0 saturated carbocycles. The quantitative estimate of drug-likeness (QED) is 0.916. The Kier molecular flexibility index (Phi) is 3.77. The summed E-state index contributed by atoms with van der Waals surface area (Å²) in [5.74, 6) is 0.585. The Bertz CT molecular complexity index is 636. The largest absolute Gasteiger partial charge is 0.492 e. The van der Waals surface area contributed by atoms with E-state index in [4.69, 9.17) is 14.6 Å². The molecule has 1 unspecified atom stereocenters. The highest BCUT2D eigenvalue weighted by Crippen LogP contribution is 2.38. The van der Waals surface area contributed by atoms with Crippen LogP contribution in [-0.2, 0) is 11.4 Å². The van der Waals surface area contributed by atoms with Crippen molar-refractivity contribution < 1.29 is 19.4 Å². The zero-order chi connectivity index (χ0) is 14.7. The van der Waals surface area contributed by atoms with Crippen LogP contribution in [0.15, 0.2) is 48.5 Å². The average molecular weight is 284 g/mol. The molecule has 108 valence electrons. The predicted octanol–water partition coefficient (Wildman–Crippen LogP) is 3.22. The second-order valence-electron chi connectivity index (χ2n) is 5.08. The topological polar surface area (TPSA) is 55.8 Å². The van der Waals surface area contributed by atoms with E-state index in [1.807, 2.05) is 48.5 Å². The second-order valence-corrected chi connectivity index (χ2v) is 5.08. The molecule has 1 atom stereocenters. The third-order valence-electron chi connectivity index (χ3n) is 3.53. The molecular formula is C17H16O4. The van der Waals surface area contributed by atoms with Crippen molar-refractivity contribution in [2.75, 3.05) is 6.61 Å². The van der Waals surface area contributed by atoms with E-state index < -0.39 is 5.97 Å². The van der Waals surface area contributed by atoms with Crippen LogP contribution in [-0.4, -0.2) is 17.7 Å². The Morgan fingerprint density at radius 2 is 2.05 bits per heavy atom. The van der Waals surface area contributed by atoms with Crippen LogP contribution in [0.1, 0.15) is 23.5 Å². The van der Waals surface area contributed by atoms with Crippen molar-refractivity contribution in [3.05, 3.63) is 59.7 Å². The van der Waals surface area contributed by atoms with Crippen molar-refractivity contribution in [2.45, 2.75) is 18.9 Å². The van der Waals surface area contributed by atoms with E-state index in [1.54, 1.807) is 0 Å². The average Bonchev–Trinajstić information content (AvgIpc) is 2.88. The van der Waals surface area contributed by atoms with Crippen LogP contribution in [0.2, 0.25) is 0 Å². The van der Waals surface area contributed by atoms with Crippen molar-refractivity contribution in [1.82, 2.24) is 0 Å². The summed E-state index contributed by atoms with van der Waals surface area (Å²) < 4.78 is 11.3. The lowest BCUT2D eigenvalue weighted by atomic mass is 9.98. The van der Waals surface area contributed by atoms with Gasteiger partial charge in [0.25, 0.3) is 0 Å². The van der Waals surface area contributed by atoms with E-state index in [-0.39, 0.29) is 12.3 Å². The third kappa shape index (κ3) is 3.16. The number of carboxylic acids is 1. The van der Waals surface area contributed by atoms with Crippen LogP contribution in [0.5, 0.6) is 11.5 Å². The van der Waals surface area contributed by atoms with E-state index in [1.165, 1.54) is 0 Å². The van der Waals surface area contributed by atoms with Crippen LogP contribution in [0.25, 0.3) is 0 Å². The first-order valence-corrected chi connectivity index (χ1v) is 6.87. The standard InChI is InChI=1S/C17H16O4/c18-17(19)8-13-11-21-16-9-14(6-7-15(13)16)20-10-12-4-2-1-3-5-12/h1-7,9,13H,8,10-11H2,(H,18,19). The summed E-state index contributed by atoms with van der Waals surface area (Å²) in [6.45, 7) is 0.919. The first-order valence-electron chi connectivity index (χ1n) is 6.87. The summed E-state index contributed by atoms with van der Waals surface area (Å²) in [6, 6.07) is 15.5. The minimum atomic E-state index is -0.805. The molecule has 1 aliphatic heterocycles. The lowest BCUT2D eigenvalue weighted by molar-refractivity contribution is -0.137. The highest BCUT2D eigenvalue weighted by molar-refractivity contribution is 5.68. The van der Waals surface area contributed by atoms with E-state index in [2.05, 4.69) is 0 Å². The van der Waals surface area contributed by atoms with Gasteiger partial charge in [0.15, 0.2) is 0 Å². The molecule has 0 aromatic heterocycles. The molecule has 2 aromatic rings. The lowest BCUT2D eigenvalue weighted by Crippen LogP contribution is -2.07. The molecule has 1 heterocycles. The number of carbonyl (C=O) groups is 1. The Labute approximate surface area is 122 Å². The van der Waals surface area contributed by atoms with Crippen LogP contribution >= 0.6 is 0 Å². The second kappa shape index (κ2) is 5.87. The lowest BCUT2D eigenvalue weighted by Gasteiger charge is -2.08. The summed E-state index contributed by atoms with van der Waals surface area (Å²) in [5, 5.41) is 8.88. The van der Waals surface area contributed by atoms with Gasteiger partial charge in [-0.3, -0.25) is 4.79 Å². The summed E-state index contributed by atoms with van der Waals surface area (Å²) >= 11 is 0. The van der Waals surface area contributed by atoms with Crippen molar-refractivity contribution in [3.63, 3.8) is 0 Å². The fraction of sp³-hybridized carbons (Fsp3) is 0.235. The number of carboxylic acid groups (broad SMARTS) is 1. The molecule has 4 heteroatoms. The first-order chi connectivity index (χ1) is 10.2. The van der Waals surface area contributed by atoms with Crippen LogP contribution < -0.4 is 9.47 Å². The molecule has 0 amide bonds. The number of ether oxygens (including phenoxy) is 2. The Morgan fingerprint density at radius 3 is 2.81 bits per heavy atom. The van der Waals surface area contributed by atoms with Gasteiger partial charge in [-0.05, 0) is 11.6 Å². The normalized spacial score (nSPS) is 16.1. The predicted molar refractivity (Wildman–Crippen MR) is 77.7 cm³/mol. The Balaban J connectivity index is 1.68. The maximum absolute atomic E-state index is 10.8. The Morgan fingerprint density at radius 1 is 1.24 bits per heavy atom. The molecule has 1 aliphatic rings. The molecule has 2 aromatic carbocycles. The van der Waals surface area contributed by atoms with Gasteiger partial charge >= 0.3 is 5.97 Å². The summed E-state index contributed by atoms with van der Waals surface area (Å²) in [6.07, 6.45) is 0.0945. The number of hydrogen-bond acceptors (Lipinski definition) is 3. The van der Waals surface area contributed by atoms with Gasteiger partial charge in [0.05, 0.1) is 13.0 Å². The number of benzene rings is 2. The van der Waals surface area contributed by atoms with Crippen LogP contribution in [0, 0.1) is 0 Å². The smallest absolute Gasteiger partial charge is 0.304 e. The van der Waals surface area contributed by atoms with Crippen molar-refractivity contribution in [2.24, 2.45) is 0 Å². The molecule has 1 N–H and O–H groups in total. The van der Waals surface area contributed by atoms with Gasteiger partial charge in [-0.25, -0.2) is 0 Å². The van der Waals surface area contributed by atoms with Crippen molar-refractivity contribution in [1.29, 1.82) is 0 Å². The molecule has 0 radical (unpaired) electrons. The number of aliphatic carboxylic acids is 1. The van der Waals surface area contributed by atoms with E-state index in [0.29, 0.717) is 13.2 Å². The monoisotopic (exact) mass is 284 g/mol. The molecule has 21 heavy (non-hydrogen) atoms. The number of fused-ring (bicyclic) bond motifs is 1. The van der Waals surface area contributed by atoms with Crippen molar-refractivity contribution >= 4 is 5.97 Å². The highest BCUT2D eigenvalue weighted by Gasteiger charge is 2.26. The third-order valence-corrected chi connectivity index (χ3v) is 3.53. The van der Waals surface area contributed by atoms with Gasteiger partial charge in [0, 0.05) is 17.5 Å². The summed E-state index contributed by atoms with van der Waals surface area (Å²) in [4.78, 5) is 10.8. The van der Waals surface area contributed by atoms with Gasteiger partial charge < -0.3 is 14.6 Å². The van der Waals surface area contributed by atoms with Gasteiger partial charge in [0.2, 0.25) is 0 Å². The highest BCUT2D eigenvalue weighted by atomic mass is 16.5. The van der Waals surface area contributed by atoms with Gasteiger partial charge in [-0.1, -0.05) is 36.4 Å². The number of hydrogen-bond donors (Lipinski definition) is 1. The summed E-state index contributed by atoms with van der Waals surface area (Å²) in [5.41, 5.74) is 2.05. The van der Waals surface area contributed by atoms with Gasteiger partial charge in [0.1, 0.15) is 18.1 Å². The molecular weight excluding hydrogens is 268 g/mol. The molecule has 3 rings (SSSR count). The van der Waals surface area contributed by atoms with Gasteiger partial charge in [-0.15, -0.1) is 0 Å². The van der Waals surface area contributed by atoms with Crippen LogP contribution in [0.3, 0.4) is 0 Å². The van der Waals surface area contributed by atoms with E-state index in [9.17, 15) is 4.79 Å². The van der Waals surface area contributed by atoms with Crippen LogP contribution in [0.4, 0.5) is 0 Å². The fourth-order valence-corrected chi connectivity index (χ4v) is 2.47. The SMILES string of the molecule is O=C(O)CC1COc2cc(OCc3ccccc3)ccc21. The maximum atomic E-state index is 10.8. The Hall–Kier alpha value is -2.49. The maximum Gasteiger partial charge on any atom is 0.304 e. The minimum absolute atomic E-state index is 0.0688. The zero-order valence-corrected chi connectivity index (χ0v) is 11.5. The minimum Gasteiger partial charge on any atom is -0.492 e. The first kappa shape index (κ1) is 13.5. The fourth-order valence-electron chi connectivity index (χ4n) is 2.47. The molecule has 0 aliphatic carbocycles. The number of rotatable bonds is 5. The van der Waals surface area contributed by atoms with Gasteiger partial charge in [-0.2, -0.15) is 0 Å². The molecule has 4 nitrogen and oxygen atoms in total. The van der Waals surface area contributed by atoms with Crippen molar-refractivity contribution in [3.8, 4) is 11.5 Å². The summed E-state index contributed by atoms with van der Waals surface area (Å²) in [7, 11) is 0. The molecule has 0 fully saturated rings. The zero-order valence-electron chi connectivity index (χ0n) is 11.5. The van der Waals surface area contributed by atoms with E-state index >= 15 is 0 Å². The molecule has 0 saturated heterocycles.